The molecule has 8 nitrogen and oxygen atoms in total. The topological polar surface area (TPSA) is 99.5 Å². The summed E-state index contributed by atoms with van der Waals surface area (Å²) >= 11 is 2.55. The van der Waals surface area contributed by atoms with Crippen LogP contribution in [0.2, 0.25) is 0 Å². The van der Waals surface area contributed by atoms with E-state index in [1.54, 1.807) is 38.3 Å². The van der Waals surface area contributed by atoms with Gasteiger partial charge in [-0.15, -0.1) is 11.3 Å². The van der Waals surface area contributed by atoms with Crippen molar-refractivity contribution < 1.29 is 19.1 Å². The highest BCUT2D eigenvalue weighted by molar-refractivity contribution is 7.99. The first kappa shape index (κ1) is 22.8. The largest absolute Gasteiger partial charge is 0.497 e. The number of aromatic nitrogens is 2. The van der Waals surface area contributed by atoms with E-state index >= 15 is 0 Å². The lowest BCUT2D eigenvalue weighted by Crippen LogP contribution is -2.32. The third kappa shape index (κ3) is 4.91. The maximum Gasteiger partial charge on any atom is 0.413 e. The number of imide groups is 1. The lowest BCUT2D eigenvalue weighted by Gasteiger charge is -2.13. The van der Waals surface area contributed by atoms with Gasteiger partial charge >= 0.3 is 6.09 Å². The van der Waals surface area contributed by atoms with Crippen LogP contribution < -0.4 is 15.6 Å². The van der Waals surface area contributed by atoms with Crippen molar-refractivity contribution in [2.24, 2.45) is 0 Å². The molecule has 0 aliphatic rings. The minimum absolute atomic E-state index is 0.105. The average molecular weight is 462 g/mol. The number of rotatable bonds is 7. The van der Waals surface area contributed by atoms with Crippen LogP contribution in [0.25, 0.3) is 15.9 Å². The molecule has 3 aromatic rings. The Labute approximate surface area is 187 Å². The zero-order chi connectivity index (χ0) is 22.5. The third-order valence-corrected chi connectivity index (χ3v) is 6.78. The van der Waals surface area contributed by atoms with Crippen molar-refractivity contribution in [1.82, 2.24) is 14.9 Å². The van der Waals surface area contributed by atoms with Crippen molar-refractivity contribution in [3.05, 3.63) is 45.1 Å². The normalized spacial score (nSPS) is 10.8. The fraction of sp³-hybridized carbons (Fsp3) is 0.333. The van der Waals surface area contributed by atoms with Gasteiger partial charge in [-0.2, -0.15) is 0 Å². The van der Waals surface area contributed by atoms with Crippen LogP contribution in [0, 0.1) is 6.92 Å². The maximum atomic E-state index is 13.5. The molecule has 1 N–H and O–H groups in total. The van der Waals surface area contributed by atoms with Gasteiger partial charge in [0.15, 0.2) is 5.16 Å². The highest BCUT2D eigenvalue weighted by atomic mass is 32.2. The van der Waals surface area contributed by atoms with Crippen LogP contribution >= 0.6 is 23.1 Å². The van der Waals surface area contributed by atoms with Crippen LogP contribution in [-0.2, 0) is 16.0 Å². The van der Waals surface area contributed by atoms with Crippen LogP contribution in [0.15, 0.2) is 34.2 Å². The maximum absolute atomic E-state index is 13.5. The molecule has 0 saturated carbocycles. The molecular formula is C21H23N3O5S2. The van der Waals surface area contributed by atoms with Gasteiger partial charge in [0.05, 0.1) is 30.5 Å². The lowest BCUT2D eigenvalue weighted by molar-refractivity contribution is -0.117. The number of aryl methyl sites for hydroxylation is 2. The van der Waals surface area contributed by atoms with Gasteiger partial charge in [0.1, 0.15) is 10.6 Å². The monoisotopic (exact) mass is 461 g/mol. The van der Waals surface area contributed by atoms with Gasteiger partial charge in [-0.1, -0.05) is 24.8 Å². The first-order valence-electron chi connectivity index (χ1n) is 9.68. The van der Waals surface area contributed by atoms with Crippen molar-refractivity contribution >= 4 is 45.3 Å². The smallest absolute Gasteiger partial charge is 0.413 e. The predicted octanol–water partition coefficient (Wildman–Crippen LogP) is 3.69. The number of hydrogen-bond acceptors (Lipinski definition) is 8. The Balaban J connectivity index is 2.07. The molecule has 0 saturated heterocycles. The van der Waals surface area contributed by atoms with Crippen LogP contribution in [0.1, 0.15) is 24.3 Å². The first-order valence-corrected chi connectivity index (χ1v) is 11.5. The highest BCUT2D eigenvalue weighted by Crippen LogP contribution is 2.31. The molecule has 0 spiro atoms. The minimum atomic E-state index is -0.803. The molecule has 2 heterocycles. The van der Waals surface area contributed by atoms with E-state index in [0.717, 1.165) is 28.6 Å². The van der Waals surface area contributed by atoms with Gasteiger partial charge < -0.3 is 9.47 Å². The zero-order valence-electron chi connectivity index (χ0n) is 17.7. The SMILES string of the molecule is CCOC(=O)NC(=O)CSc1nc2sc(CC)c(C)c2c(=O)n1-c1cccc(OC)c1. The summed E-state index contributed by atoms with van der Waals surface area (Å²) in [5.74, 6) is -0.0467. The van der Waals surface area contributed by atoms with Gasteiger partial charge in [-0.3, -0.25) is 19.5 Å². The fourth-order valence-electron chi connectivity index (χ4n) is 3.07. The van der Waals surface area contributed by atoms with E-state index in [1.807, 2.05) is 13.8 Å². The van der Waals surface area contributed by atoms with Crippen molar-refractivity contribution in [3.8, 4) is 11.4 Å². The van der Waals surface area contributed by atoms with Gasteiger partial charge in [0.25, 0.3) is 5.56 Å². The number of alkyl carbamates (subject to hydrolysis) is 1. The molecule has 1 aromatic carbocycles. The summed E-state index contributed by atoms with van der Waals surface area (Å²) in [5, 5.41) is 3.08. The lowest BCUT2D eigenvalue weighted by atomic mass is 10.2. The Morgan fingerprint density at radius 3 is 2.74 bits per heavy atom. The highest BCUT2D eigenvalue weighted by Gasteiger charge is 2.20. The van der Waals surface area contributed by atoms with Crippen LogP contribution in [0.3, 0.4) is 0 Å². The molecule has 2 amide bonds. The van der Waals surface area contributed by atoms with Gasteiger partial charge in [0, 0.05) is 10.9 Å². The van der Waals surface area contributed by atoms with E-state index in [-0.39, 0.29) is 17.9 Å². The van der Waals surface area contributed by atoms with Crippen molar-refractivity contribution in [1.29, 1.82) is 0 Å². The standard InChI is InChI=1S/C21H23N3O5S2/c1-5-15-12(3)17-18(31-15)23-20(30-11-16(25)22-21(27)29-6-2)24(19(17)26)13-8-7-9-14(10-13)28-4/h7-10H,5-6,11H2,1-4H3,(H,22,25,27). The van der Waals surface area contributed by atoms with Crippen molar-refractivity contribution in [3.63, 3.8) is 0 Å². The number of carbonyl (C=O) groups excluding carboxylic acids is 2. The Kier molecular flexibility index (Phi) is 7.34. The van der Waals surface area contributed by atoms with E-state index < -0.39 is 12.0 Å². The summed E-state index contributed by atoms with van der Waals surface area (Å²) in [6.07, 6.45) is -0.00115. The Morgan fingerprint density at radius 1 is 1.29 bits per heavy atom. The number of nitrogens with zero attached hydrogens (tertiary/aromatic N) is 2. The molecular weight excluding hydrogens is 438 g/mol. The number of amides is 2. The second kappa shape index (κ2) is 9.97. The number of fused-ring (bicyclic) bond motifs is 1. The molecule has 31 heavy (non-hydrogen) atoms. The number of ether oxygens (including phenoxy) is 2. The predicted molar refractivity (Wildman–Crippen MR) is 122 cm³/mol. The van der Waals surface area contributed by atoms with E-state index in [4.69, 9.17) is 14.5 Å². The molecule has 0 fully saturated rings. The van der Waals surface area contributed by atoms with Crippen LogP contribution in [0.5, 0.6) is 5.75 Å². The summed E-state index contributed by atoms with van der Waals surface area (Å²) in [6.45, 7) is 5.78. The zero-order valence-corrected chi connectivity index (χ0v) is 19.3. The number of methoxy groups -OCH3 is 1. The minimum Gasteiger partial charge on any atom is -0.497 e. The number of thiophene rings is 1. The Morgan fingerprint density at radius 2 is 2.06 bits per heavy atom. The van der Waals surface area contributed by atoms with E-state index in [0.29, 0.717) is 26.8 Å². The number of benzene rings is 1. The third-order valence-electron chi connectivity index (χ3n) is 4.51. The van der Waals surface area contributed by atoms with E-state index in [2.05, 4.69) is 5.32 Å². The van der Waals surface area contributed by atoms with E-state index in [9.17, 15) is 14.4 Å². The molecule has 0 aliphatic heterocycles. The van der Waals surface area contributed by atoms with Gasteiger partial charge in [-0.05, 0) is 38.0 Å². The Hall–Kier alpha value is -2.85. The van der Waals surface area contributed by atoms with Crippen molar-refractivity contribution in [2.45, 2.75) is 32.3 Å². The quantitative estimate of drug-likeness (QED) is 0.423. The Bertz CT molecular complexity index is 1190. The van der Waals surface area contributed by atoms with E-state index in [1.165, 1.54) is 15.9 Å². The van der Waals surface area contributed by atoms with Gasteiger partial charge in [-0.25, -0.2) is 9.78 Å². The van der Waals surface area contributed by atoms with Gasteiger partial charge in [0.2, 0.25) is 5.91 Å². The summed E-state index contributed by atoms with van der Waals surface area (Å²) in [5.41, 5.74) is 1.30. The number of nitrogens with one attached hydrogen (secondary N) is 1. The second-order valence-corrected chi connectivity index (χ2v) is 8.50. The van der Waals surface area contributed by atoms with Crippen LogP contribution in [0.4, 0.5) is 4.79 Å². The second-order valence-electron chi connectivity index (χ2n) is 6.48. The number of thioether (sulfide) groups is 1. The molecule has 0 atom stereocenters. The molecule has 0 unspecified atom stereocenters. The average Bonchev–Trinajstić information content (AvgIpc) is 3.08. The summed E-state index contributed by atoms with van der Waals surface area (Å²) in [6, 6.07) is 7.08. The van der Waals surface area contributed by atoms with Crippen LogP contribution in [-0.4, -0.2) is 41.0 Å². The molecule has 3 rings (SSSR count). The van der Waals surface area contributed by atoms with Crippen molar-refractivity contribution in [2.75, 3.05) is 19.5 Å². The molecule has 10 heteroatoms. The molecule has 2 aromatic heterocycles. The first-order chi connectivity index (χ1) is 14.9. The molecule has 0 bridgehead atoms. The molecule has 0 aliphatic carbocycles. The molecule has 0 radical (unpaired) electrons. The summed E-state index contributed by atoms with van der Waals surface area (Å²) in [7, 11) is 1.55. The number of hydrogen-bond donors (Lipinski definition) is 1. The number of carbonyl (C=O) groups is 2. The summed E-state index contributed by atoms with van der Waals surface area (Å²) < 4.78 is 11.5. The fourth-order valence-corrected chi connectivity index (χ4v) is 5.04. The summed E-state index contributed by atoms with van der Waals surface area (Å²) in [4.78, 5) is 43.5. The molecule has 164 valence electrons.